The topological polar surface area (TPSA) is 69.6 Å². The van der Waals surface area contributed by atoms with Gasteiger partial charge >= 0.3 is 0 Å². The molecule has 0 aliphatic carbocycles. The lowest BCUT2D eigenvalue weighted by Crippen LogP contribution is -2.35. The standard InChI is InChI=1S/C20H24N2O4/c1-12-10-13(2)22(4)20(24)18(12)19(23)21-14(3)15-6-7-16-17(11-15)26-9-5-8-25-16/h6-7,10-11,14H,5,8-9H2,1-4H3,(H,21,23)/t14-/m1/s1. The van der Waals surface area contributed by atoms with Gasteiger partial charge in [-0.2, -0.15) is 0 Å². The number of benzene rings is 1. The van der Waals surface area contributed by atoms with Crippen LogP contribution in [0, 0.1) is 13.8 Å². The van der Waals surface area contributed by atoms with E-state index >= 15 is 0 Å². The zero-order valence-electron chi connectivity index (χ0n) is 15.6. The molecule has 3 rings (SSSR count). The lowest BCUT2D eigenvalue weighted by atomic mass is 10.1. The van der Waals surface area contributed by atoms with Crippen LogP contribution in [0.15, 0.2) is 29.1 Å². The molecule has 0 saturated heterocycles. The Morgan fingerprint density at radius 3 is 2.58 bits per heavy atom. The van der Waals surface area contributed by atoms with Crippen molar-refractivity contribution in [2.75, 3.05) is 13.2 Å². The molecule has 2 aromatic rings. The molecule has 1 atom stereocenters. The van der Waals surface area contributed by atoms with E-state index in [4.69, 9.17) is 9.47 Å². The van der Waals surface area contributed by atoms with Crippen molar-refractivity contribution >= 4 is 5.91 Å². The number of nitrogens with one attached hydrogen (secondary N) is 1. The first-order chi connectivity index (χ1) is 12.4. The van der Waals surface area contributed by atoms with Crippen LogP contribution in [0.4, 0.5) is 0 Å². The highest BCUT2D eigenvalue weighted by atomic mass is 16.5. The second-order valence-electron chi connectivity index (χ2n) is 6.66. The summed E-state index contributed by atoms with van der Waals surface area (Å²) < 4.78 is 12.8. The molecule has 1 amide bonds. The average molecular weight is 356 g/mol. The number of amides is 1. The largest absolute Gasteiger partial charge is 0.490 e. The zero-order chi connectivity index (χ0) is 18.8. The van der Waals surface area contributed by atoms with Crippen LogP contribution in [-0.4, -0.2) is 23.7 Å². The molecule has 2 heterocycles. The summed E-state index contributed by atoms with van der Waals surface area (Å²) in [4.78, 5) is 25.2. The molecule has 6 heteroatoms. The number of hydrogen-bond acceptors (Lipinski definition) is 4. The molecule has 0 saturated carbocycles. The average Bonchev–Trinajstić information content (AvgIpc) is 2.84. The highest BCUT2D eigenvalue weighted by molar-refractivity contribution is 5.95. The van der Waals surface area contributed by atoms with Crippen molar-refractivity contribution in [3.8, 4) is 11.5 Å². The fourth-order valence-corrected chi connectivity index (χ4v) is 3.06. The third kappa shape index (κ3) is 3.45. The summed E-state index contributed by atoms with van der Waals surface area (Å²) in [5.41, 5.74) is 2.28. The highest BCUT2D eigenvalue weighted by Crippen LogP contribution is 2.32. The molecular weight excluding hydrogens is 332 g/mol. The van der Waals surface area contributed by atoms with E-state index in [0.29, 0.717) is 30.3 Å². The summed E-state index contributed by atoms with van der Waals surface area (Å²) in [6, 6.07) is 7.21. The molecule has 26 heavy (non-hydrogen) atoms. The molecule has 1 aliphatic heterocycles. The van der Waals surface area contributed by atoms with E-state index in [1.807, 2.05) is 38.1 Å². The van der Waals surface area contributed by atoms with Crippen LogP contribution in [0.5, 0.6) is 11.5 Å². The van der Waals surface area contributed by atoms with Gasteiger partial charge in [0.2, 0.25) is 0 Å². The maximum absolute atomic E-state index is 12.7. The summed E-state index contributed by atoms with van der Waals surface area (Å²) in [7, 11) is 1.67. The number of hydrogen-bond donors (Lipinski definition) is 1. The third-order valence-electron chi connectivity index (χ3n) is 4.71. The monoisotopic (exact) mass is 356 g/mol. The third-order valence-corrected chi connectivity index (χ3v) is 4.71. The number of carbonyl (C=O) groups excluding carboxylic acids is 1. The Kier molecular flexibility index (Phi) is 5.02. The fourth-order valence-electron chi connectivity index (χ4n) is 3.06. The molecule has 1 N–H and O–H groups in total. The van der Waals surface area contributed by atoms with E-state index in [-0.39, 0.29) is 23.1 Å². The maximum atomic E-state index is 12.7. The second-order valence-corrected chi connectivity index (χ2v) is 6.66. The molecule has 1 aliphatic rings. The van der Waals surface area contributed by atoms with Crippen LogP contribution >= 0.6 is 0 Å². The Balaban J connectivity index is 1.83. The van der Waals surface area contributed by atoms with Crippen molar-refractivity contribution in [1.29, 1.82) is 0 Å². The summed E-state index contributed by atoms with van der Waals surface area (Å²) in [6.07, 6.45) is 0.840. The van der Waals surface area contributed by atoms with Gasteiger partial charge in [0.15, 0.2) is 11.5 Å². The molecule has 0 radical (unpaired) electrons. The predicted molar refractivity (Wildman–Crippen MR) is 99.1 cm³/mol. The number of carbonyl (C=O) groups is 1. The number of pyridine rings is 1. The van der Waals surface area contributed by atoms with Gasteiger partial charge in [-0.15, -0.1) is 0 Å². The molecule has 138 valence electrons. The Hall–Kier alpha value is -2.76. The van der Waals surface area contributed by atoms with Gasteiger partial charge in [0.25, 0.3) is 11.5 Å². The van der Waals surface area contributed by atoms with Crippen molar-refractivity contribution in [2.24, 2.45) is 7.05 Å². The van der Waals surface area contributed by atoms with Gasteiger partial charge in [0.1, 0.15) is 5.56 Å². The minimum Gasteiger partial charge on any atom is -0.490 e. The van der Waals surface area contributed by atoms with Gasteiger partial charge in [-0.05, 0) is 50.1 Å². The van der Waals surface area contributed by atoms with Crippen molar-refractivity contribution in [2.45, 2.75) is 33.2 Å². The minimum atomic E-state index is -0.372. The lowest BCUT2D eigenvalue weighted by Gasteiger charge is -2.17. The number of aryl methyl sites for hydroxylation is 2. The number of fused-ring (bicyclic) bond motifs is 1. The molecule has 1 aromatic carbocycles. The van der Waals surface area contributed by atoms with E-state index in [0.717, 1.165) is 17.7 Å². The molecular formula is C20H24N2O4. The summed E-state index contributed by atoms with van der Waals surface area (Å²) >= 11 is 0. The van der Waals surface area contributed by atoms with Crippen LogP contribution in [-0.2, 0) is 7.05 Å². The van der Waals surface area contributed by atoms with Crippen LogP contribution in [0.3, 0.4) is 0 Å². The zero-order valence-corrected chi connectivity index (χ0v) is 15.6. The predicted octanol–water partition coefficient (Wildman–Crippen LogP) is 2.65. The van der Waals surface area contributed by atoms with Gasteiger partial charge < -0.3 is 19.4 Å². The van der Waals surface area contributed by atoms with E-state index in [2.05, 4.69) is 5.32 Å². The Bertz CT molecular complexity index is 901. The summed E-state index contributed by atoms with van der Waals surface area (Å²) in [5, 5.41) is 2.91. The van der Waals surface area contributed by atoms with E-state index in [1.165, 1.54) is 4.57 Å². The van der Waals surface area contributed by atoms with Crippen LogP contribution < -0.4 is 20.3 Å². The molecule has 6 nitrogen and oxygen atoms in total. The van der Waals surface area contributed by atoms with Gasteiger partial charge in [0.05, 0.1) is 19.3 Å². The molecule has 0 fully saturated rings. The first-order valence-corrected chi connectivity index (χ1v) is 8.76. The number of rotatable bonds is 3. The first kappa shape index (κ1) is 18.0. The van der Waals surface area contributed by atoms with Gasteiger partial charge in [0, 0.05) is 19.2 Å². The number of nitrogens with zero attached hydrogens (tertiary/aromatic N) is 1. The Morgan fingerprint density at radius 2 is 1.85 bits per heavy atom. The van der Waals surface area contributed by atoms with E-state index in [1.54, 1.807) is 14.0 Å². The van der Waals surface area contributed by atoms with Crippen molar-refractivity contribution in [1.82, 2.24) is 9.88 Å². The normalized spacial score (nSPS) is 14.5. The molecule has 0 bridgehead atoms. The maximum Gasteiger partial charge on any atom is 0.263 e. The van der Waals surface area contributed by atoms with Gasteiger partial charge in [-0.3, -0.25) is 9.59 Å². The van der Waals surface area contributed by atoms with E-state index in [9.17, 15) is 9.59 Å². The van der Waals surface area contributed by atoms with E-state index < -0.39 is 0 Å². The summed E-state index contributed by atoms with van der Waals surface area (Å²) in [6.45, 7) is 6.74. The fraction of sp³-hybridized carbons (Fsp3) is 0.400. The Labute approximate surface area is 152 Å². The first-order valence-electron chi connectivity index (χ1n) is 8.76. The van der Waals surface area contributed by atoms with Crippen LogP contribution in [0.2, 0.25) is 0 Å². The number of ether oxygens (including phenoxy) is 2. The highest BCUT2D eigenvalue weighted by Gasteiger charge is 2.20. The quantitative estimate of drug-likeness (QED) is 0.918. The minimum absolute atomic E-state index is 0.180. The Morgan fingerprint density at radius 1 is 1.15 bits per heavy atom. The summed E-state index contributed by atoms with van der Waals surface area (Å²) in [5.74, 6) is 1.03. The lowest BCUT2D eigenvalue weighted by molar-refractivity contribution is 0.0937. The van der Waals surface area contributed by atoms with Crippen molar-refractivity contribution < 1.29 is 14.3 Å². The van der Waals surface area contributed by atoms with Gasteiger partial charge in [-0.25, -0.2) is 0 Å². The van der Waals surface area contributed by atoms with Crippen molar-refractivity contribution in [3.05, 3.63) is 57.0 Å². The SMILES string of the molecule is Cc1cc(C)n(C)c(=O)c1C(=O)N[C@H](C)c1ccc2c(c1)OCCCO2. The van der Waals surface area contributed by atoms with Gasteiger partial charge in [-0.1, -0.05) is 6.07 Å². The molecule has 1 aromatic heterocycles. The number of aromatic nitrogens is 1. The molecule has 0 unspecified atom stereocenters. The molecule has 0 spiro atoms. The second kappa shape index (κ2) is 7.23. The van der Waals surface area contributed by atoms with Crippen molar-refractivity contribution in [3.63, 3.8) is 0 Å². The smallest absolute Gasteiger partial charge is 0.263 e. The van der Waals surface area contributed by atoms with Crippen LogP contribution in [0.1, 0.15) is 46.6 Å². The van der Waals surface area contributed by atoms with Crippen LogP contribution in [0.25, 0.3) is 0 Å².